The lowest BCUT2D eigenvalue weighted by molar-refractivity contribution is 0.285. The van der Waals surface area contributed by atoms with Gasteiger partial charge in [-0.15, -0.1) is 22.9 Å². The highest BCUT2D eigenvalue weighted by molar-refractivity contribution is 9.10. The summed E-state index contributed by atoms with van der Waals surface area (Å²) in [4.78, 5) is 0.956. The van der Waals surface area contributed by atoms with Gasteiger partial charge in [0, 0.05) is 25.3 Å². The molecule has 0 saturated heterocycles. The van der Waals surface area contributed by atoms with Crippen LogP contribution in [0.2, 0.25) is 0 Å². The van der Waals surface area contributed by atoms with Crippen molar-refractivity contribution in [2.75, 3.05) is 0 Å². The summed E-state index contributed by atoms with van der Waals surface area (Å²) in [5, 5.41) is 10.3. The Labute approximate surface area is 99.4 Å². The fourth-order valence-corrected chi connectivity index (χ4v) is 3.63. The van der Waals surface area contributed by atoms with Crippen molar-refractivity contribution in [3.05, 3.63) is 33.1 Å². The molecule has 0 bridgehead atoms. The average Bonchev–Trinajstić information content (AvgIpc) is 2.55. The molecule has 0 spiro atoms. The number of hydrogen-bond donors (Lipinski definition) is 1. The molecule has 74 valence electrons. The van der Waals surface area contributed by atoms with Crippen LogP contribution in [-0.2, 0) is 12.5 Å². The highest BCUT2D eigenvalue weighted by atomic mass is 79.9. The lowest BCUT2D eigenvalue weighted by atomic mass is 10.1. The van der Waals surface area contributed by atoms with Gasteiger partial charge in [0.1, 0.15) is 0 Å². The van der Waals surface area contributed by atoms with Gasteiger partial charge in [0.25, 0.3) is 0 Å². The van der Waals surface area contributed by atoms with E-state index in [1.165, 1.54) is 4.70 Å². The van der Waals surface area contributed by atoms with Gasteiger partial charge in [-0.2, -0.15) is 0 Å². The number of aliphatic hydroxyl groups excluding tert-OH is 1. The topological polar surface area (TPSA) is 20.2 Å². The maximum absolute atomic E-state index is 9.13. The van der Waals surface area contributed by atoms with E-state index in [-0.39, 0.29) is 6.61 Å². The second-order valence-electron chi connectivity index (χ2n) is 2.92. The van der Waals surface area contributed by atoms with Crippen LogP contribution in [-0.4, -0.2) is 5.11 Å². The molecule has 0 aliphatic heterocycles. The zero-order valence-corrected chi connectivity index (χ0v) is 10.4. The van der Waals surface area contributed by atoms with Crippen molar-refractivity contribution in [2.45, 2.75) is 12.5 Å². The van der Waals surface area contributed by atoms with Crippen molar-refractivity contribution in [2.24, 2.45) is 0 Å². The molecule has 2 aromatic rings. The molecule has 4 heteroatoms. The van der Waals surface area contributed by atoms with Gasteiger partial charge in [-0.25, -0.2) is 0 Å². The van der Waals surface area contributed by atoms with E-state index >= 15 is 0 Å². The molecule has 1 heterocycles. The Morgan fingerprint density at radius 1 is 1.43 bits per heavy atom. The minimum Gasteiger partial charge on any atom is -0.391 e. The van der Waals surface area contributed by atoms with Crippen molar-refractivity contribution in [3.8, 4) is 0 Å². The Bertz CT molecular complexity index is 466. The first-order chi connectivity index (χ1) is 6.77. The molecule has 0 atom stereocenters. The van der Waals surface area contributed by atoms with Crippen LogP contribution in [0.15, 0.2) is 22.7 Å². The number of alkyl halides is 1. The first-order valence-corrected chi connectivity index (χ1v) is 6.28. The molecule has 2 rings (SSSR count). The van der Waals surface area contributed by atoms with E-state index < -0.39 is 0 Å². The van der Waals surface area contributed by atoms with Crippen LogP contribution in [0.1, 0.15) is 10.4 Å². The summed E-state index contributed by atoms with van der Waals surface area (Å²) in [6.45, 7) is 0.0711. The highest BCUT2D eigenvalue weighted by Gasteiger charge is 2.11. The van der Waals surface area contributed by atoms with E-state index in [1.807, 2.05) is 18.2 Å². The smallest absolute Gasteiger partial charge is 0.0786 e. The van der Waals surface area contributed by atoms with Crippen LogP contribution < -0.4 is 0 Å². The summed E-state index contributed by atoms with van der Waals surface area (Å²) in [5.74, 6) is 0.498. The number of fused-ring (bicyclic) bond motifs is 1. The van der Waals surface area contributed by atoms with Crippen LogP contribution in [0.3, 0.4) is 0 Å². The molecule has 0 aliphatic carbocycles. The normalized spacial score (nSPS) is 11.1. The quantitative estimate of drug-likeness (QED) is 0.832. The van der Waals surface area contributed by atoms with Crippen LogP contribution in [0.5, 0.6) is 0 Å². The maximum atomic E-state index is 9.13. The summed E-state index contributed by atoms with van der Waals surface area (Å²) in [6, 6.07) is 6.04. The van der Waals surface area contributed by atoms with Crippen LogP contribution >= 0.6 is 38.9 Å². The molecular formula is C10H8BrClOS. The first-order valence-electron chi connectivity index (χ1n) is 4.13. The second-order valence-corrected chi connectivity index (χ2v) is 5.12. The Morgan fingerprint density at radius 3 is 2.86 bits per heavy atom. The van der Waals surface area contributed by atoms with Gasteiger partial charge in [0.15, 0.2) is 0 Å². The van der Waals surface area contributed by atoms with E-state index in [0.717, 1.165) is 20.3 Å². The second kappa shape index (κ2) is 4.19. The SMILES string of the molecule is OCc1sc2cccc(CCl)c2c1Br. The fraction of sp³-hybridized carbons (Fsp3) is 0.200. The largest absolute Gasteiger partial charge is 0.391 e. The number of rotatable bonds is 2. The van der Waals surface area contributed by atoms with Gasteiger partial charge < -0.3 is 5.11 Å². The molecule has 0 unspecified atom stereocenters. The Balaban J connectivity index is 2.79. The van der Waals surface area contributed by atoms with Gasteiger partial charge in [-0.1, -0.05) is 12.1 Å². The third kappa shape index (κ3) is 1.58. The number of benzene rings is 1. The molecular weight excluding hydrogens is 284 g/mol. The van der Waals surface area contributed by atoms with Crippen molar-refractivity contribution >= 4 is 49.0 Å². The molecule has 1 N–H and O–H groups in total. The summed E-state index contributed by atoms with van der Waals surface area (Å²) < 4.78 is 2.15. The molecule has 0 saturated carbocycles. The zero-order valence-electron chi connectivity index (χ0n) is 7.26. The molecule has 0 fully saturated rings. The van der Waals surface area contributed by atoms with E-state index in [4.69, 9.17) is 16.7 Å². The number of aliphatic hydroxyl groups is 1. The Kier molecular flexibility index (Phi) is 3.12. The van der Waals surface area contributed by atoms with Crippen molar-refractivity contribution in [3.63, 3.8) is 0 Å². The highest BCUT2D eigenvalue weighted by Crippen LogP contribution is 2.38. The molecule has 1 aromatic carbocycles. The van der Waals surface area contributed by atoms with Crippen LogP contribution in [0.4, 0.5) is 0 Å². The van der Waals surface area contributed by atoms with Gasteiger partial charge in [0.2, 0.25) is 0 Å². The molecule has 0 amide bonds. The number of thiophene rings is 1. The summed E-state index contributed by atoms with van der Waals surface area (Å²) >= 11 is 10.9. The van der Waals surface area contributed by atoms with E-state index in [2.05, 4.69) is 15.9 Å². The summed E-state index contributed by atoms with van der Waals surface area (Å²) in [7, 11) is 0. The van der Waals surface area contributed by atoms with Crippen LogP contribution in [0.25, 0.3) is 10.1 Å². The summed E-state index contributed by atoms with van der Waals surface area (Å²) in [5.41, 5.74) is 1.10. The van der Waals surface area contributed by atoms with Crippen molar-refractivity contribution in [1.82, 2.24) is 0 Å². The van der Waals surface area contributed by atoms with Crippen molar-refractivity contribution < 1.29 is 5.11 Å². The van der Waals surface area contributed by atoms with Gasteiger partial charge in [-0.3, -0.25) is 0 Å². The molecule has 0 aliphatic rings. The fourth-order valence-electron chi connectivity index (χ4n) is 1.44. The predicted octanol–water partition coefficient (Wildman–Crippen LogP) is 3.89. The third-order valence-corrected chi connectivity index (χ3v) is 4.66. The minimum absolute atomic E-state index is 0.0711. The lowest BCUT2D eigenvalue weighted by Gasteiger charge is -1.98. The maximum Gasteiger partial charge on any atom is 0.0786 e. The minimum atomic E-state index is 0.0711. The van der Waals surface area contributed by atoms with Crippen molar-refractivity contribution in [1.29, 1.82) is 0 Å². The van der Waals surface area contributed by atoms with Gasteiger partial charge in [-0.05, 0) is 27.6 Å². The first kappa shape index (κ1) is 10.4. The predicted molar refractivity (Wildman–Crippen MR) is 65.0 cm³/mol. The molecule has 0 radical (unpaired) electrons. The Morgan fingerprint density at radius 2 is 2.21 bits per heavy atom. The molecule has 1 nitrogen and oxygen atoms in total. The molecule has 1 aromatic heterocycles. The Hall–Kier alpha value is -0.0900. The van der Waals surface area contributed by atoms with E-state index in [9.17, 15) is 0 Å². The average molecular weight is 292 g/mol. The number of hydrogen-bond acceptors (Lipinski definition) is 2. The van der Waals surface area contributed by atoms with Gasteiger partial charge >= 0.3 is 0 Å². The number of halogens is 2. The van der Waals surface area contributed by atoms with Crippen LogP contribution in [0, 0.1) is 0 Å². The standard InChI is InChI=1S/C10H8BrClOS/c11-10-8(5-13)14-7-3-1-2-6(4-12)9(7)10/h1-3,13H,4-5H2. The van der Waals surface area contributed by atoms with Gasteiger partial charge in [0.05, 0.1) is 6.61 Å². The summed E-state index contributed by atoms with van der Waals surface area (Å²) in [6.07, 6.45) is 0. The van der Waals surface area contributed by atoms with E-state index in [0.29, 0.717) is 5.88 Å². The third-order valence-electron chi connectivity index (χ3n) is 2.10. The molecule has 14 heavy (non-hydrogen) atoms. The van der Waals surface area contributed by atoms with E-state index in [1.54, 1.807) is 11.3 Å². The zero-order chi connectivity index (χ0) is 10.1. The monoisotopic (exact) mass is 290 g/mol. The lowest BCUT2D eigenvalue weighted by Crippen LogP contribution is -1.80.